The van der Waals surface area contributed by atoms with Crippen LogP contribution in [0.4, 0.5) is 0 Å². The van der Waals surface area contributed by atoms with Gasteiger partial charge in [-0.1, -0.05) is 25.4 Å². The summed E-state index contributed by atoms with van der Waals surface area (Å²) in [7, 11) is 1.71. The van der Waals surface area contributed by atoms with Gasteiger partial charge < -0.3 is 19.9 Å². The summed E-state index contributed by atoms with van der Waals surface area (Å²) in [5.41, 5.74) is 0.146. The summed E-state index contributed by atoms with van der Waals surface area (Å²) in [5.74, 6) is 0.707. The molecular formula is C16H26ClNO3. The van der Waals surface area contributed by atoms with Gasteiger partial charge in [-0.2, -0.15) is 0 Å². The van der Waals surface area contributed by atoms with Crippen LogP contribution in [0.25, 0.3) is 0 Å². The van der Waals surface area contributed by atoms with Gasteiger partial charge in [0.25, 0.3) is 0 Å². The highest BCUT2D eigenvalue weighted by molar-refractivity contribution is 6.30. The summed E-state index contributed by atoms with van der Waals surface area (Å²) in [6.45, 7) is 6.69. The molecule has 4 nitrogen and oxygen atoms in total. The molecule has 5 heteroatoms. The minimum atomic E-state index is -0.543. The molecule has 0 saturated carbocycles. The Morgan fingerprint density at radius 3 is 2.57 bits per heavy atom. The third-order valence-electron chi connectivity index (χ3n) is 3.22. The highest BCUT2D eigenvalue weighted by Gasteiger charge is 2.17. The van der Waals surface area contributed by atoms with Crippen LogP contribution in [0, 0.1) is 5.41 Å². The molecule has 1 rings (SSSR count). The number of methoxy groups -OCH3 is 1. The molecule has 0 bridgehead atoms. The molecule has 1 atom stereocenters. The molecule has 0 saturated heterocycles. The molecule has 0 aromatic heterocycles. The Labute approximate surface area is 132 Å². The fourth-order valence-corrected chi connectivity index (χ4v) is 1.95. The average molecular weight is 316 g/mol. The smallest absolute Gasteiger partial charge is 0.119 e. The van der Waals surface area contributed by atoms with Crippen LogP contribution in [-0.2, 0) is 4.74 Å². The van der Waals surface area contributed by atoms with Crippen molar-refractivity contribution in [3.05, 3.63) is 29.3 Å². The second-order valence-corrected chi connectivity index (χ2v) is 6.39. The molecule has 0 spiro atoms. The first-order chi connectivity index (χ1) is 9.93. The minimum absolute atomic E-state index is 0.146. The van der Waals surface area contributed by atoms with E-state index >= 15 is 0 Å². The van der Waals surface area contributed by atoms with Crippen molar-refractivity contribution in [2.24, 2.45) is 5.41 Å². The van der Waals surface area contributed by atoms with Gasteiger partial charge in [0.05, 0.1) is 0 Å². The van der Waals surface area contributed by atoms with E-state index in [9.17, 15) is 5.11 Å². The molecule has 21 heavy (non-hydrogen) atoms. The molecule has 0 aliphatic rings. The summed E-state index contributed by atoms with van der Waals surface area (Å²) >= 11 is 5.80. The van der Waals surface area contributed by atoms with E-state index < -0.39 is 6.10 Å². The van der Waals surface area contributed by atoms with E-state index in [0.29, 0.717) is 17.3 Å². The van der Waals surface area contributed by atoms with Gasteiger partial charge in [-0.15, -0.1) is 0 Å². The lowest BCUT2D eigenvalue weighted by Crippen LogP contribution is -2.37. The average Bonchev–Trinajstić information content (AvgIpc) is 2.44. The van der Waals surface area contributed by atoms with Crippen LogP contribution < -0.4 is 10.1 Å². The maximum atomic E-state index is 9.90. The van der Waals surface area contributed by atoms with Crippen LogP contribution in [0.2, 0.25) is 5.02 Å². The number of aliphatic hydroxyl groups excluding tert-OH is 1. The largest absolute Gasteiger partial charge is 0.491 e. The predicted molar refractivity (Wildman–Crippen MR) is 86.1 cm³/mol. The molecular weight excluding hydrogens is 290 g/mol. The molecule has 2 N–H and O–H groups in total. The van der Waals surface area contributed by atoms with E-state index in [0.717, 1.165) is 19.6 Å². The number of halogens is 1. The molecule has 0 aliphatic carbocycles. The SMILES string of the molecule is COCCC(C)(C)CNCC(O)COc1ccc(Cl)cc1. The zero-order valence-corrected chi connectivity index (χ0v) is 13.8. The monoisotopic (exact) mass is 315 g/mol. The van der Waals surface area contributed by atoms with Crippen molar-refractivity contribution in [3.63, 3.8) is 0 Å². The Bertz CT molecular complexity index is 395. The quantitative estimate of drug-likeness (QED) is 0.697. The molecule has 0 heterocycles. The maximum Gasteiger partial charge on any atom is 0.119 e. The number of hydrogen-bond acceptors (Lipinski definition) is 4. The molecule has 0 amide bonds. The second-order valence-electron chi connectivity index (χ2n) is 5.96. The van der Waals surface area contributed by atoms with Crippen molar-refractivity contribution >= 4 is 11.6 Å². The second kappa shape index (κ2) is 9.26. The normalized spacial score (nSPS) is 13.2. The lowest BCUT2D eigenvalue weighted by molar-refractivity contribution is 0.100. The third-order valence-corrected chi connectivity index (χ3v) is 3.47. The number of nitrogens with one attached hydrogen (secondary N) is 1. The number of rotatable bonds is 10. The van der Waals surface area contributed by atoms with Crippen molar-refractivity contribution in [1.82, 2.24) is 5.32 Å². The standard InChI is InChI=1S/C16H26ClNO3/c1-16(2,8-9-20-3)12-18-10-14(19)11-21-15-6-4-13(17)5-7-15/h4-7,14,18-19H,8-12H2,1-3H3. The van der Waals surface area contributed by atoms with Crippen molar-refractivity contribution in [2.45, 2.75) is 26.4 Å². The van der Waals surface area contributed by atoms with Gasteiger partial charge in [0.2, 0.25) is 0 Å². The van der Waals surface area contributed by atoms with Gasteiger partial charge in [-0.05, 0) is 36.1 Å². The lowest BCUT2D eigenvalue weighted by atomic mass is 9.90. The highest BCUT2D eigenvalue weighted by atomic mass is 35.5. The highest BCUT2D eigenvalue weighted by Crippen LogP contribution is 2.18. The molecule has 0 aliphatic heterocycles. The maximum absolute atomic E-state index is 9.90. The summed E-state index contributed by atoms with van der Waals surface area (Å²) in [6.07, 6.45) is 0.437. The van der Waals surface area contributed by atoms with Crippen molar-refractivity contribution in [2.75, 3.05) is 33.4 Å². The molecule has 120 valence electrons. The van der Waals surface area contributed by atoms with Crippen LogP contribution in [-0.4, -0.2) is 44.6 Å². The van der Waals surface area contributed by atoms with Crippen LogP contribution in [0.3, 0.4) is 0 Å². The van der Waals surface area contributed by atoms with E-state index in [4.69, 9.17) is 21.1 Å². The van der Waals surface area contributed by atoms with Gasteiger partial charge >= 0.3 is 0 Å². The van der Waals surface area contributed by atoms with E-state index in [-0.39, 0.29) is 12.0 Å². The topological polar surface area (TPSA) is 50.7 Å². The molecule has 1 aromatic rings. The van der Waals surface area contributed by atoms with Gasteiger partial charge in [-0.25, -0.2) is 0 Å². The Balaban J connectivity index is 2.19. The number of benzene rings is 1. The van der Waals surface area contributed by atoms with Crippen molar-refractivity contribution in [1.29, 1.82) is 0 Å². The van der Waals surface area contributed by atoms with E-state index in [1.165, 1.54) is 0 Å². The van der Waals surface area contributed by atoms with Gasteiger partial charge in [0.15, 0.2) is 0 Å². The summed E-state index contributed by atoms with van der Waals surface area (Å²) in [6, 6.07) is 7.10. The number of hydrogen-bond donors (Lipinski definition) is 2. The summed E-state index contributed by atoms with van der Waals surface area (Å²) in [5, 5.41) is 13.8. The lowest BCUT2D eigenvalue weighted by Gasteiger charge is -2.25. The molecule has 0 radical (unpaired) electrons. The third kappa shape index (κ3) is 8.27. The minimum Gasteiger partial charge on any atom is -0.491 e. The van der Waals surface area contributed by atoms with Crippen molar-refractivity contribution < 1.29 is 14.6 Å². The van der Waals surface area contributed by atoms with Crippen LogP contribution in [0.1, 0.15) is 20.3 Å². The summed E-state index contributed by atoms with van der Waals surface area (Å²) < 4.78 is 10.6. The fourth-order valence-electron chi connectivity index (χ4n) is 1.83. The van der Waals surface area contributed by atoms with E-state index in [1.807, 2.05) is 0 Å². The zero-order chi connectivity index (χ0) is 15.7. The number of ether oxygens (including phenoxy) is 2. The zero-order valence-electron chi connectivity index (χ0n) is 13.1. The van der Waals surface area contributed by atoms with E-state index in [1.54, 1.807) is 31.4 Å². The van der Waals surface area contributed by atoms with Gasteiger partial charge in [0.1, 0.15) is 18.5 Å². The van der Waals surface area contributed by atoms with Gasteiger partial charge in [0, 0.05) is 31.8 Å². The Hall–Kier alpha value is -0.810. The molecule has 1 unspecified atom stereocenters. The first-order valence-corrected chi connectivity index (χ1v) is 7.57. The predicted octanol–water partition coefficient (Wildman–Crippen LogP) is 2.73. The first-order valence-electron chi connectivity index (χ1n) is 7.19. The van der Waals surface area contributed by atoms with Crippen LogP contribution in [0.15, 0.2) is 24.3 Å². The fraction of sp³-hybridized carbons (Fsp3) is 0.625. The summed E-state index contributed by atoms with van der Waals surface area (Å²) in [4.78, 5) is 0. The Morgan fingerprint density at radius 2 is 1.95 bits per heavy atom. The first kappa shape index (κ1) is 18.2. The van der Waals surface area contributed by atoms with Crippen molar-refractivity contribution in [3.8, 4) is 5.75 Å². The molecule has 1 aromatic carbocycles. The number of aliphatic hydroxyl groups is 1. The van der Waals surface area contributed by atoms with Crippen LogP contribution in [0.5, 0.6) is 5.75 Å². The van der Waals surface area contributed by atoms with E-state index in [2.05, 4.69) is 19.2 Å². The molecule has 0 fully saturated rings. The van der Waals surface area contributed by atoms with Gasteiger partial charge in [-0.3, -0.25) is 0 Å². The Morgan fingerprint density at radius 1 is 1.29 bits per heavy atom. The van der Waals surface area contributed by atoms with Crippen LogP contribution >= 0.6 is 11.6 Å². The Kier molecular flexibility index (Phi) is 8.04.